The quantitative estimate of drug-likeness (QED) is 0.805. The number of likely N-dealkylation sites (tertiary alicyclic amines) is 1. The number of hydrogen-bond donors (Lipinski definition) is 2. The maximum absolute atomic E-state index is 11.6. The zero-order valence-corrected chi connectivity index (χ0v) is 12.8. The maximum Gasteiger partial charge on any atom is 0.223 e. The maximum atomic E-state index is 11.6. The van der Waals surface area contributed by atoms with Crippen LogP contribution in [0.1, 0.15) is 18.5 Å². The summed E-state index contributed by atoms with van der Waals surface area (Å²) in [6.07, 6.45) is 3.65. The Bertz CT molecular complexity index is 521. The monoisotopic (exact) mass is 295 g/mol. The van der Waals surface area contributed by atoms with Gasteiger partial charge in [-0.3, -0.25) is 9.69 Å². The minimum atomic E-state index is -0.365. The molecule has 0 amide bonds. The van der Waals surface area contributed by atoms with Crippen molar-refractivity contribution in [3.63, 3.8) is 0 Å². The first-order chi connectivity index (χ1) is 10.0. The highest BCUT2D eigenvalue weighted by molar-refractivity contribution is 5.20. The Balaban J connectivity index is 2.10. The fourth-order valence-corrected chi connectivity index (χ4v) is 2.88. The molecule has 0 aliphatic carbocycles. The van der Waals surface area contributed by atoms with Crippen LogP contribution in [-0.4, -0.2) is 64.4 Å². The van der Waals surface area contributed by atoms with E-state index in [2.05, 4.69) is 23.9 Å². The summed E-state index contributed by atoms with van der Waals surface area (Å²) in [5.74, 6) is -0.269. The molecule has 1 aromatic heterocycles. The molecule has 1 aromatic rings. The molecular weight excluding hydrogens is 270 g/mol. The summed E-state index contributed by atoms with van der Waals surface area (Å²) < 4.78 is 1.75. The number of aliphatic hydroxyl groups is 1. The van der Waals surface area contributed by atoms with E-state index < -0.39 is 0 Å². The Labute approximate surface area is 125 Å². The molecule has 1 fully saturated rings. The summed E-state index contributed by atoms with van der Waals surface area (Å²) in [6, 6.07) is 1.98. The van der Waals surface area contributed by atoms with Crippen LogP contribution in [0.5, 0.6) is 5.75 Å². The third kappa shape index (κ3) is 4.06. The number of pyridine rings is 1. The van der Waals surface area contributed by atoms with Gasteiger partial charge in [0, 0.05) is 30.9 Å². The predicted octanol–water partition coefficient (Wildman–Crippen LogP) is 0.0722. The Morgan fingerprint density at radius 3 is 2.67 bits per heavy atom. The fraction of sp³-hybridized carbons (Fsp3) is 0.667. The normalized spacial score (nSPS) is 17.5. The van der Waals surface area contributed by atoms with Gasteiger partial charge in [0.25, 0.3) is 0 Å². The molecule has 6 heteroatoms. The molecule has 1 aliphatic rings. The van der Waals surface area contributed by atoms with Crippen LogP contribution in [0.15, 0.2) is 17.1 Å². The van der Waals surface area contributed by atoms with Crippen LogP contribution >= 0.6 is 0 Å². The molecule has 1 aliphatic heterocycles. The largest absolute Gasteiger partial charge is 0.503 e. The zero-order chi connectivity index (χ0) is 15.4. The van der Waals surface area contributed by atoms with Crippen LogP contribution in [0.25, 0.3) is 0 Å². The van der Waals surface area contributed by atoms with Gasteiger partial charge in [-0.05, 0) is 40.0 Å². The zero-order valence-electron chi connectivity index (χ0n) is 12.8. The van der Waals surface area contributed by atoms with Crippen LogP contribution in [-0.2, 0) is 13.1 Å². The lowest BCUT2D eigenvalue weighted by atomic mass is 10.0. The van der Waals surface area contributed by atoms with Crippen molar-refractivity contribution < 1.29 is 10.2 Å². The molecule has 2 N–H and O–H groups in total. The summed E-state index contributed by atoms with van der Waals surface area (Å²) >= 11 is 0. The van der Waals surface area contributed by atoms with Crippen LogP contribution in [0.3, 0.4) is 0 Å². The molecule has 0 atom stereocenters. The number of rotatable bonds is 5. The number of aromatic hydroxyl groups is 1. The molecule has 0 saturated carbocycles. The van der Waals surface area contributed by atoms with Gasteiger partial charge in [0.2, 0.25) is 5.43 Å². The Morgan fingerprint density at radius 2 is 2.05 bits per heavy atom. The van der Waals surface area contributed by atoms with Crippen molar-refractivity contribution in [2.75, 3.05) is 33.8 Å². The highest BCUT2D eigenvalue weighted by Gasteiger charge is 2.21. The van der Waals surface area contributed by atoms with Gasteiger partial charge in [-0.15, -0.1) is 0 Å². The van der Waals surface area contributed by atoms with Crippen molar-refractivity contribution >= 4 is 0 Å². The van der Waals surface area contributed by atoms with E-state index in [0.29, 0.717) is 19.1 Å². The predicted molar refractivity (Wildman–Crippen MR) is 81.4 cm³/mol. The summed E-state index contributed by atoms with van der Waals surface area (Å²) in [6.45, 7) is 3.18. The second kappa shape index (κ2) is 7.06. The van der Waals surface area contributed by atoms with E-state index in [1.165, 1.54) is 12.3 Å². The van der Waals surface area contributed by atoms with Crippen molar-refractivity contribution in [2.24, 2.45) is 0 Å². The molecule has 2 heterocycles. The average molecular weight is 295 g/mol. The number of hydrogen-bond acceptors (Lipinski definition) is 5. The minimum Gasteiger partial charge on any atom is -0.503 e. The second-order valence-electron chi connectivity index (χ2n) is 5.88. The van der Waals surface area contributed by atoms with Crippen molar-refractivity contribution in [1.29, 1.82) is 0 Å². The lowest BCUT2D eigenvalue weighted by Gasteiger charge is -2.35. The van der Waals surface area contributed by atoms with E-state index in [9.17, 15) is 9.90 Å². The van der Waals surface area contributed by atoms with Gasteiger partial charge in [-0.1, -0.05) is 0 Å². The first kappa shape index (κ1) is 16.0. The number of aliphatic hydroxyl groups excluding tert-OH is 1. The third-order valence-corrected chi connectivity index (χ3v) is 4.26. The summed E-state index contributed by atoms with van der Waals surface area (Å²) in [7, 11) is 4.20. The van der Waals surface area contributed by atoms with E-state index in [4.69, 9.17) is 5.11 Å². The van der Waals surface area contributed by atoms with Crippen molar-refractivity contribution in [1.82, 2.24) is 14.4 Å². The van der Waals surface area contributed by atoms with Crippen molar-refractivity contribution in [3.8, 4) is 5.75 Å². The molecule has 0 spiro atoms. The van der Waals surface area contributed by atoms with Crippen LogP contribution < -0.4 is 5.43 Å². The third-order valence-electron chi connectivity index (χ3n) is 4.26. The smallest absolute Gasteiger partial charge is 0.223 e. The van der Waals surface area contributed by atoms with Gasteiger partial charge in [-0.25, -0.2) is 0 Å². The van der Waals surface area contributed by atoms with Gasteiger partial charge in [0.05, 0.1) is 12.8 Å². The second-order valence-corrected chi connectivity index (χ2v) is 5.88. The van der Waals surface area contributed by atoms with Gasteiger partial charge < -0.3 is 19.7 Å². The Morgan fingerprint density at radius 1 is 1.38 bits per heavy atom. The van der Waals surface area contributed by atoms with Crippen LogP contribution in [0.4, 0.5) is 0 Å². The number of nitrogens with zero attached hydrogens (tertiary/aromatic N) is 3. The van der Waals surface area contributed by atoms with Crippen molar-refractivity contribution in [2.45, 2.75) is 32.0 Å². The summed E-state index contributed by atoms with van der Waals surface area (Å²) in [5.41, 5.74) is 0.462. The van der Waals surface area contributed by atoms with Crippen molar-refractivity contribution in [3.05, 3.63) is 28.2 Å². The first-order valence-electron chi connectivity index (χ1n) is 7.43. The molecule has 0 radical (unpaired) electrons. The summed E-state index contributed by atoms with van der Waals surface area (Å²) in [5, 5.41) is 18.6. The number of piperidine rings is 1. The molecule has 1 saturated heterocycles. The fourth-order valence-electron chi connectivity index (χ4n) is 2.88. The molecule has 21 heavy (non-hydrogen) atoms. The van der Waals surface area contributed by atoms with E-state index in [1.807, 2.05) is 0 Å². The average Bonchev–Trinajstić information content (AvgIpc) is 2.45. The Kier molecular flexibility index (Phi) is 5.39. The lowest BCUT2D eigenvalue weighted by molar-refractivity contribution is 0.136. The summed E-state index contributed by atoms with van der Waals surface area (Å²) in [4.78, 5) is 16.2. The molecule has 6 nitrogen and oxygen atoms in total. The topological polar surface area (TPSA) is 68.9 Å². The van der Waals surface area contributed by atoms with Gasteiger partial charge in [-0.2, -0.15) is 0 Å². The minimum absolute atomic E-state index is 0.0206. The molecule has 118 valence electrons. The molecule has 0 unspecified atom stereocenters. The van der Waals surface area contributed by atoms with Crippen LogP contribution in [0, 0.1) is 0 Å². The van der Waals surface area contributed by atoms with E-state index >= 15 is 0 Å². The molecule has 2 rings (SSSR count). The van der Waals surface area contributed by atoms with E-state index in [-0.39, 0.29) is 17.8 Å². The number of aromatic nitrogens is 1. The van der Waals surface area contributed by atoms with E-state index in [0.717, 1.165) is 31.6 Å². The molecular formula is C15H25N3O3. The first-order valence-corrected chi connectivity index (χ1v) is 7.43. The van der Waals surface area contributed by atoms with Crippen LogP contribution in [0.2, 0.25) is 0 Å². The molecule has 0 bridgehead atoms. The van der Waals surface area contributed by atoms with E-state index in [1.54, 1.807) is 4.57 Å². The lowest BCUT2D eigenvalue weighted by Crippen LogP contribution is -2.42. The molecule has 0 aromatic carbocycles. The van der Waals surface area contributed by atoms with Gasteiger partial charge in [0.1, 0.15) is 0 Å². The highest BCUT2D eigenvalue weighted by Crippen LogP contribution is 2.17. The van der Waals surface area contributed by atoms with Gasteiger partial charge >= 0.3 is 0 Å². The van der Waals surface area contributed by atoms with Gasteiger partial charge in [0.15, 0.2) is 5.75 Å². The highest BCUT2D eigenvalue weighted by atomic mass is 16.3. The standard InChI is InChI=1S/C15H25N3O3/c1-16-5-3-12(4-6-16)17(2)10-13-9-14(20)15(21)11-18(13)7-8-19/h9,11-12,19,21H,3-8,10H2,1-2H3. The Hall–Kier alpha value is -1.37. The SMILES string of the molecule is CN1CCC(N(C)Cc2cc(=O)c(O)cn2CCO)CC1.